The van der Waals surface area contributed by atoms with Crippen molar-refractivity contribution in [2.24, 2.45) is 0 Å². The SMILES string of the molecule is CCC(CC)N(CCO)C(=O)c1ccc[nH]1. The molecule has 90 valence electrons. The summed E-state index contributed by atoms with van der Waals surface area (Å²) in [6.07, 6.45) is 3.54. The van der Waals surface area contributed by atoms with Crippen LogP contribution in [0.2, 0.25) is 0 Å². The van der Waals surface area contributed by atoms with Gasteiger partial charge in [0, 0.05) is 18.8 Å². The van der Waals surface area contributed by atoms with E-state index in [9.17, 15) is 4.79 Å². The van der Waals surface area contributed by atoms with E-state index in [4.69, 9.17) is 5.11 Å². The number of hydrogen-bond acceptors (Lipinski definition) is 2. The standard InChI is InChI=1S/C12H20N2O2/c1-3-10(4-2)14(8-9-15)12(16)11-6-5-7-13-11/h5-7,10,13,15H,3-4,8-9H2,1-2H3. The van der Waals surface area contributed by atoms with Gasteiger partial charge in [-0.1, -0.05) is 13.8 Å². The molecule has 4 nitrogen and oxygen atoms in total. The monoisotopic (exact) mass is 224 g/mol. The van der Waals surface area contributed by atoms with E-state index in [1.165, 1.54) is 0 Å². The summed E-state index contributed by atoms with van der Waals surface area (Å²) >= 11 is 0. The number of nitrogens with zero attached hydrogens (tertiary/aromatic N) is 1. The zero-order valence-corrected chi connectivity index (χ0v) is 9.94. The minimum atomic E-state index is -0.0345. The highest BCUT2D eigenvalue weighted by atomic mass is 16.3. The maximum atomic E-state index is 12.1. The molecular weight excluding hydrogens is 204 g/mol. The number of aromatic amines is 1. The second-order valence-corrected chi connectivity index (χ2v) is 3.78. The van der Waals surface area contributed by atoms with E-state index >= 15 is 0 Å². The zero-order chi connectivity index (χ0) is 12.0. The third-order valence-electron chi connectivity index (χ3n) is 2.81. The van der Waals surface area contributed by atoms with E-state index in [2.05, 4.69) is 18.8 Å². The molecule has 4 heteroatoms. The van der Waals surface area contributed by atoms with Crippen molar-refractivity contribution in [1.82, 2.24) is 9.88 Å². The van der Waals surface area contributed by atoms with Crippen LogP contribution in [0.1, 0.15) is 37.2 Å². The normalized spacial score (nSPS) is 10.8. The van der Waals surface area contributed by atoms with E-state index in [-0.39, 0.29) is 18.6 Å². The van der Waals surface area contributed by atoms with Gasteiger partial charge in [0.15, 0.2) is 0 Å². The molecule has 1 amide bonds. The lowest BCUT2D eigenvalue weighted by Gasteiger charge is -2.29. The van der Waals surface area contributed by atoms with Gasteiger partial charge in [-0.2, -0.15) is 0 Å². The maximum Gasteiger partial charge on any atom is 0.270 e. The summed E-state index contributed by atoms with van der Waals surface area (Å²) in [5.41, 5.74) is 0.584. The van der Waals surface area contributed by atoms with Gasteiger partial charge in [0.2, 0.25) is 0 Å². The van der Waals surface area contributed by atoms with Gasteiger partial charge in [-0.15, -0.1) is 0 Å². The molecule has 1 heterocycles. The minimum absolute atomic E-state index is 0.00293. The topological polar surface area (TPSA) is 56.3 Å². The Morgan fingerprint density at radius 2 is 2.19 bits per heavy atom. The third-order valence-corrected chi connectivity index (χ3v) is 2.81. The molecule has 0 aliphatic heterocycles. The Morgan fingerprint density at radius 1 is 1.50 bits per heavy atom. The highest BCUT2D eigenvalue weighted by molar-refractivity contribution is 5.92. The summed E-state index contributed by atoms with van der Waals surface area (Å²) in [5, 5.41) is 9.02. The predicted octanol–water partition coefficient (Wildman–Crippen LogP) is 1.64. The molecule has 0 aliphatic carbocycles. The average Bonchev–Trinajstić information content (AvgIpc) is 2.82. The predicted molar refractivity (Wildman–Crippen MR) is 63.3 cm³/mol. The molecule has 0 aromatic carbocycles. The Kier molecular flexibility index (Phi) is 5.05. The Bertz CT molecular complexity index is 305. The van der Waals surface area contributed by atoms with Crippen LogP contribution in [0.5, 0.6) is 0 Å². The number of carbonyl (C=O) groups excluding carboxylic acids is 1. The summed E-state index contributed by atoms with van der Waals surface area (Å²) in [5.74, 6) is -0.0345. The largest absolute Gasteiger partial charge is 0.395 e. The summed E-state index contributed by atoms with van der Waals surface area (Å²) in [4.78, 5) is 16.8. The number of aromatic nitrogens is 1. The van der Waals surface area contributed by atoms with Crippen molar-refractivity contribution in [2.75, 3.05) is 13.2 Å². The lowest BCUT2D eigenvalue weighted by Crippen LogP contribution is -2.41. The quantitative estimate of drug-likeness (QED) is 0.771. The smallest absolute Gasteiger partial charge is 0.270 e. The van der Waals surface area contributed by atoms with Crippen molar-refractivity contribution in [2.45, 2.75) is 32.7 Å². The van der Waals surface area contributed by atoms with E-state index in [1.807, 2.05) is 0 Å². The lowest BCUT2D eigenvalue weighted by atomic mass is 10.1. The summed E-state index contributed by atoms with van der Waals surface area (Å²) in [7, 11) is 0. The van der Waals surface area contributed by atoms with Crippen molar-refractivity contribution in [3.8, 4) is 0 Å². The van der Waals surface area contributed by atoms with Gasteiger partial charge >= 0.3 is 0 Å². The van der Waals surface area contributed by atoms with E-state index in [1.54, 1.807) is 23.2 Å². The van der Waals surface area contributed by atoms with E-state index in [0.29, 0.717) is 12.2 Å². The van der Waals surface area contributed by atoms with Crippen LogP contribution in [0.4, 0.5) is 0 Å². The van der Waals surface area contributed by atoms with Gasteiger partial charge in [0.05, 0.1) is 6.61 Å². The second-order valence-electron chi connectivity index (χ2n) is 3.78. The molecular formula is C12H20N2O2. The van der Waals surface area contributed by atoms with Crippen LogP contribution in [-0.2, 0) is 0 Å². The first-order valence-corrected chi connectivity index (χ1v) is 5.79. The van der Waals surface area contributed by atoms with E-state index in [0.717, 1.165) is 12.8 Å². The fraction of sp³-hybridized carbons (Fsp3) is 0.583. The van der Waals surface area contributed by atoms with Gasteiger partial charge in [-0.05, 0) is 25.0 Å². The molecule has 1 aromatic heterocycles. The number of rotatable bonds is 6. The first-order valence-electron chi connectivity index (χ1n) is 5.79. The molecule has 0 saturated carbocycles. The Morgan fingerprint density at radius 3 is 2.62 bits per heavy atom. The Labute approximate surface area is 96.3 Å². The van der Waals surface area contributed by atoms with Crippen molar-refractivity contribution >= 4 is 5.91 Å². The van der Waals surface area contributed by atoms with Crippen LogP contribution in [0.3, 0.4) is 0 Å². The van der Waals surface area contributed by atoms with Gasteiger partial charge < -0.3 is 15.0 Å². The van der Waals surface area contributed by atoms with Crippen LogP contribution >= 0.6 is 0 Å². The first-order chi connectivity index (χ1) is 7.74. The average molecular weight is 224 g/mol. The van der Waals surface area contributed by atoms with Gasteiger partial charge in [0.1, 0.15) is 5.69 Å². The molecule has 0 radical (unpaired) electrons. The van der Waals surface area contributed by atoms with Crippen LogP contribution < -0.4 is 0 Å². The second kappa shape index (κ2) is 6.33. The van der Waals surface area contributed by atoms with Crippen molar-refractivity contribution in [3.63, 3.8) is 0 Å². The first kappa shape index (κ1) is 12.8. The third kappa shape index (κ3) is 2.85. The molecule has 1 aromatic rings. The van der Waals surface area contributed by atoms with Crippen LogP contribution in [0.15, 0.2) is 18.3 Å². The highest BCUT2D eigenvalue weighted by Crippen LogP contribution is 2.12. The number of carbonyl (C=O) groups is 1. The number of nitrogens with one attached hydrogen (secondary N) is 1. The zero-order valence-electron chi connectivity index (χ0n) is 9.94. The van der Waals surface area contributed by atoms with Crippen molar-refractivity contribution < 1.29 is 9.90 Å². The fourth-order valence-corrected chi connectivity index (χ4v) is 1.91. The molecule has 2 N–H and O–H groups in total. The van der Waals surface area contributed by atoms with Gasteiger partial charge in [-0.25, -0.2) is 0 Å². The van der Waals surface area contributed by atoms with Crippen molar-refractivity contribution in [3.05, 3.63) is 24.0 Å². The minimum Gasteiger partial charge on any atom is -0.395 e. The molecule has 0 bridgehead atoms. The number of H-pyrrole nitrogens is 1. The Hall–Kier alpha value is -1.29. The molecule has 0 saturated heterocycles. The van der Waals surface area contributed by atoms with Gasteiger partial charge in [0.25, 0.3) is 5.91 Å². The number of hydrogen-bond donors (Lipinski definition) is 2. The summed E-state index contributed by atoms with van der Waals surface area (Å²) in [6.45, 7) is 4.51. The van der Waals surface area contributed by atoms with Crippen LogP contribution in [0, 0.1) is 0 Å². The number of aliphatic hydroxyl groups excluding tert-OH is 1. The Balaban J connectivity index is 2.80. The highest BCUT2D eigenvalue weighted by Gasteiger charge is 2.22. The van der Waals surface area contributed by atoms with E-state index < -0.39 is 0 Å². The molecule has 1 rings (SSSR count). The molecule has 0 aliphatic rings. The fourth-order valence-electron chi connectivity index (χ4n) is 1.91. The lowest BCUT2D eigenvalue weighted by molar-refractivity contribution is 0.0617. The molecule has 0 spiro atoms. The summed E-state index contributed by atoms with van der Waals surface area (Å²) in [6, 6.07) is 3.76. The molecule has 16 heavy (non-hydrogen) atoms. The number of amides is 1. The van der Waals surface area contributed by atoms with Crippen molar-refractivity contribution in [1.29, 1.82) is 0 Å². The maximum absolute atomic E-state index is 12.1. The molecule has 0 unspecified atom stereocenters. The molecule has 0 atom stereocenters. The summed E-state index contributed by atoms with van der Waals surface area (Å²) < 4.78 is 0. The van der Waals surface area contributed by atoms with Crippen LogP contribution in [-0.4, -0.2) is 40.1 Å². The molecule has 0 fully saturated rings. The number of aliphatic hydroxyl groups is 1. The van der Waals surface area contributed by atoms with Crippen LogP contribution in [0.25, 0.3) is 0 Å². The van der Waals surface area contributed by atoms with Gasteiger partial charge in [-0.3, -0.25) is 4.79 Å².